The molecule has 31 heavy (non-hydrogen) atoms. The Hall–Kier alpha value is -1.80. The Bertz CT molecular complexity index is 765. The summed E-state index contributed by atoms with van der Waals surface area (Å²) in [5, 5.41) is 2.72. The number of amides is 1. The van der Waals surface area contributed by atoms with Crippen molar-refractivity contribution in [3.63, 3.8) is 0 Å². The van der Waals surface area contributed by atoms with Gasteiger partial charge < -0.3 is 19.7 Å². The zero-order valence-corrected chi connectivity index (χ0v) is 17.9. The van der Waals surface area contributed by atoms with E-state index in [0.717, 1.165) is 43.9 Å². The molecular formula is C23H31F3N2O3. The van der Waals surface area contributed by atoms with Gasteiger partial charge in [-0.15, -0.1) is 0 Å². The van der Waals surface area contributed by atoms with Gasteiger partial charge in [-0.25, -0.2) is 0 Å². The van der Waals surface area contributed by atoms with Crippen LogP contribution in [-0.2, 0) is 9.53 Å². The molecule has 0 spiro atoms. The molecule has 1 saturated heterocycles. The van der Waals surface area contributed by atoms with Gasteiger partial charge in [-0.05, 0) is 63.0 Å². The second-order valence-corrected chi connectivity index (χ2v) is 8.97. The Morgan fingerprint density at radius 2 is 1.87 bits per heavy atom. The molecule has 2 fully saturated rings. The molecule has 1 N–H and O–H groups in total. The number of hydrogen-bond donors (Lipinski definition) is 1. The molecular weight excluding hydrogens is 409 g/mol. The maximum absolute atomic E-state index is 13.2. The fraction of sp³-hybridized carbons (Fsp3) is 0.696. The fourth-order valence-electron chi connectivity index (χ4n) is 5.13. The number of ether oxygens (including phenoxy) is 2. The van der Waals surface area contributed by atoms with Crippen molar-refractivity contribution in [1.29, 1.82) is 0 Å². The molecule has 4 aliphatic rings. The van der Waals surface area contributed by atoms with Gasteiger partial charge >= 0.3 is 6.18 Å². The van der Waals surface area contributed by atoms with Crippen LogP contribution in [0.25, 0.3) is 0 Å². The van der Waals surface area contributed by atoms with Crippen LogP contribution in [0.4, 0.5) is 13.2 Å². The van der Waals surface area contributed by atoms with Gasteiger partial charge in [0, 0.05) is 12.6 Å². The maximum Gasteiger partial charge on any atom is 0.403 e. The second-order valence-electron chi connectivity index (χ2n) is 8.97. The molecule has 1 aromatic rings. The summed E-state index contributed by atoms with van der Waals surface area (Å²) in [5.74, 6) is 0.895. The lowest BCUT2D eigenvalue weighted by Crippen LogP contribution is -2.61. The maximum atomic E-state index is 13.2. The molecule has 1 amide bonds. The van der Waals surface area contributed by atoms with Crippen LogP contribution in [0.1, 0.15) is 56.9 Å². The summed E-state index contributed by atoms with van der Waals surface area (Å²) in [6.07, 6.45) is 0.709. The van der Waals surface area contributed by atoms with Crippen molar-refractivity contribution in [2.45, 2.75) is 81.8 Å². The van der Waals surface area contributed by atoms with E-state index in [4.69, 9.17) is 9.47 Å². The molecule has 5 rings (SSSR count). The molecule has 3 atom stereocenters. The predicted octanol–water partition coefficient (Wildman–Crippen LogP) is 4.02. The molecule has 0 unspecified atom stereocenters. The number of nitrogens with one attached hydrogen (secondary N) is 1. The number of piperidine rings is 1. The normalized spacial score (nSPS) is 30.8. The number of carbonyl (C=O) groups excluding carboxylic acids is 1. The van der Waals surface area contributed by atoms with Crippen molar-refractivity contribution in [2.24, 2.45) is 0 Å². The van der Waals surface area contributed by atoms with Crippen LogP contribution in [0.2, 0.25) is 0 Å². The standard InChI is InChI=1S/C23H31F3N2O3/c1-15(23(24,25)26)27-19-6-4-12-28-20(19)13-30-17-10-8-16(9-11-17)18-5-2-3-7-21(18)31-14-22(28)29/h2-3,5,7,15-17,19-20,27H,4,6,8-14H2,1H3/t15-,16?,17?,19-,20-/m0/s1. The van der Waals surface area contributed by atoms with E-state index >= 15 is 0 Å². The van der Waals surface area contributed by atoms with Gasteiger partial charge in [0.25, 0.3) is 5.91 Å². The average molecular weight is 441 g/mol. The largest absolute Gasteiger partial charge is 0.483 e. The SMILES string of the molecule is C[C@H](N[C@H]1CCCN2C(=O)COc3ccccc3C3CCC(CC3)OC[C@@H]12)C(F)(F)F. The third-order valence-electron chi connectivity index (χ3n) is 6.94. The summed E-state index contributed by atoms with van der Waals surface area (Å²) in [5.41, 5.74) is 1.13. The van der Waals surface area contributed by atoms with Crippen LogP contribution in [0.3, 0.4) is 0 Å². The van der Waals surface area contributed by atoms with Crippen LogP contribution < -0.4 is 10.1 Å². The van der Waals surface area contributed by atoms with Gasteiger partial charge in [0.1, 0.15) is 11.8 Å². The lowest BCUT2D eigenvalue weighted by atomic mass is 9.82. The van der Waals surface area contributed by atoms with Crippen molar-refractivity contribution in [1.82, 2.24) is 10.2 Å². The van der Waals surface area contributed by atoms with E-state index in [0.29, 0.717) is 25.3 Å². The van der Waals surface area contributed by atoms with E-state index in [2.05, 4.69) is 11.4 Å². The highest BCUT2D eigenvalue weighted by Crippen LogP contribution is 2.39. The Morgan fingerprint density at radius 1 is 1.13 bits per heavy atom. The van der Waals surface area contributed by atoms with Gasteiger partial charge in [0.15, 0.2) is 6.61 Å². The molecule has 1 aromatic carbocycles. The van der Waals surface area contributed by atoms with E-state index in [-0.39, 0.29) is 25.2 Å². The van der Waals surface area contributed by atoms with Crippen molar-refractivity contribution < 1.29 is 27.4 Å². The van der Waals surface area contributed by atoms with Crippen molar-refractivity contribution in [2.75, 3.05) is 19.8 Å². The minimum absolute atomic E-state index is 0.0738. The van der Waals surface area contributed by atoms with Gasteiger partial charge in [-0.3, -0.25) is 4.79 Å². The molecule has 5 nitrogen and oxygen atoms in total. The minimum atomic E-state index is -4.33. The summed E-state index contributed by atoms with van der Waals surface area (Å²) in [7, 11) is 0. The zero-order valence-electron chi connectivity index (χ0n) is 17.9. The Balaban J connectivity index is 1.57. The molecule has 2 bridgehead atoms. The third-order valence-corrected chi connectivity index (χ3v) is 6.94. The van der Waals surface area contributed by atoms with E-state index in [9.17, 15) is 18.0 Å². The summed E-state index contributed by atoms with van der Waals surface area (Å²) < 4.78 is 51.7. The first-order chi connectivity index (χ1) is 14.8. The first kappa shape index (κ1) is 22.4. The highest BCUT2D eigenvalue weighted by atomic mass is 19.4. The number of halogens is 3. The number of carbonyl (C=O) groups is 1. The van der Waals surface area contributed by atoms with Gasteiger partial charge in [-0.2, -0.15) is 13.2 Å². The molecule has 3 aliphatic heterocycles. The number of alkyl halides is 3. The predicted molar refractivity (Wildman–Crippen MR) is 110 cm³/mol. The van der Waals surface area contributed by atoms with Crippen molar-refractivity contribution >= 4 is 5.91 Å². The molecule has 1 aliphatic carbocycles. The first-order valence-corrected chi connectivity index (χ1v) is 11.3. The van der Waals surface area contributed by atoms with E-state index in [1.807, 2.05) is 18.2 Å². The lowest BCUT2D eigenvalue weighted by Gasteiger charge is -2.43. The molecule has 3 heterocycles. The average Bonchev–Trinajstić information content (AvgIpc) is 2.77. The topological polar surface area (TPSA) is 50.8 Å². The third kappa shape index (κ3) is 5.17. The fourth-order valence-corrected chi connectivity index (χ4v) is 5.13. The second kappa shape index (κ2) is 9.36. The van der Waals surface area contributed by atoms with Gasteiger partial charge in [0.05, 0.1) is 18.8 Å². The molecule has 172 valence electrons. The van der Waals surface area contributed by atoms with Gasteiger partial charge in [-0.1, -0.05) is 18.2 Å². The highest BCUT2D eigenvalue weighted by Gasteiger charge is 2.42. The number of hydrogen-bond acceptors (Lipinski definition) is 4. The summed E-state index contributed by atoms with van der Waals surface area (Å²) >= 11 is 0. The first-order valence-electron chi connectivity index (χ1n) is 11.3. The zero-order chi connectivity index (χ0) is 22.0. The number of rotatable bonds is 2. The highest BCUT2D eigenvalue weighted by molar-refractivity contribution is 5.78. The van der Waals surface area contributed by atoms with E-state index in [1.54, 1.807) is 4.90 Å². The van der Waals surface area contributed by atoms with Crippen molar-refractivity contribution in [3.05, 3.63) is 29.8 Å². The Kier molecular flexibility index (Phi) is 6.77. The summed E-state index contributed by atoms with van der Waals surface area (Å²) in [6.45, 7) is 1.76. The van der Waals surface area contributed by atoms with E-state index in [1.165, 1.54) is 0 Å². The van der Waals surface area contributed by atoms with Crippen LogP contribution in [0.5, 0.6) is 5.75 Å². The lowest BCUT2D eigenvalue weighted by molar-refractivity contribution is -0.158. The van der Waals surface area contributed by atoms with Gasteiger partial charge in [0.2, 0.25) is 0 Å². The van der Waals surface area contributed by atoms with Crippen molar-refractivity contribution in [3.8, 4) is 5.75 Å². The number of para-hydroxylation sites is 1. The van der Waals surface area contributed by atoms with Crippen LogP contribution in [0, 0.1) is 0 Å². The smallest absolute Gasteiger partial charge is 0.403 e. The monoisotopic (exact) mass is 440 g/mol. The van der Waals surface area contributed by atoms with E-state index < -0.39 is 24.3 Å². The van der Waals surface area contributed by atoms with Crippen LogP contribution in [0.15, 0.2) is 24.3 Å². The van der Waals surface area contributed by atoms with Crippen LogP contribution >= 0.6 is 0 Å². The minimum Gasteiger partial charge on any atom is -0.483 e. The molecule has 1 saturated carbocycles. The summed E-state index contributed by atoms with van der Waals surface area (Å²) in [6, 6.07) is 5.30. The molecule has 0 aromatic heterocycles. The number of fused-ring (bicyclic) bond motifs is 5. The van der Waals surface area contributed by atoms with Crippen LogP contribution in [-0.4, -0.2) is 61.0 Å². The number of benzene rings is 1. The molecule has 0 radical (unpaired) electrons. The quantitative estimate of drug-likeness (QED) is 0.755. The Morgan fingerprint density at radius 3 is 2.61 bits per heavy atom. The molecule has 8 heteroatoms. The number of nitrogens with zero attached hydrogens (tertiary/aromatic N) is 1. The Labute approximate surface area is 181 Å². The summed E-state index contributed by atoms with van der Waals surface area (Å²) in [4.78, 5) is 14.7.